The van der Waals surface area contributed by atoms with E-state index in [1.54, 1.807) is 0 Å². The Morgan fingerprint density at radius 3 is 2.53 bits per heavy atom. The first-order valence-corrected chi connectivity index (χ1v) is 5.20. The zero-order valence-corrected chi connectivity index (χ0v) is 9.35. The van der Waals surface area contributed by atoms with Gasteiger partial charge in [-0.25, -0.2) is 4.79 Å². The molecule has 0 amide bonds. The topological polar surface area (TPSA) is 159 Å². The van der Waals surface area contributed by atoms with E-state index >= 15 is 0 Å². The smallest absolute Gasteiger partial charge is 0.364 e. The molecule has 8 nitrogen and oxygen atoms in total. The van der Waals surface area contributed by atoms with Crippen LogP contribution in [0, 0.1) is 0 Å². The molecule has 17 heavy (non-hydrogen) atoms. The van der Waals surface area contributed by atoms with E-state index in [2.05, 4.69) is 0 Å². The van der Waals surface area contributed by atoms with Crippen LogP contribution in [0.5, 0.6) is 0 Å². The number of carboxylic acids is 1. The minimum Gasteiger partial charge on any atom is -0.477 e. The van der Waals surface area contributed by atoms with Crippen LogP contribution in [0.1, 0.15) is 13.3 Å². The summed E-state index contributed by atoms with van der Waals surface area (Å²) in [6.45, 7) is 1.38. The summed E-state index contributed by atoms with van der Waals surface area (Å²) in [6, 6.07) is -1.98. The molecule has 0 aromatic carbocycles. The Kier molecular flexibility index (Phi) is 4.07. The molecule has 100 valence electrons. The standard InChI is InChI=1S/C9H18N2O6/c1-3(12)5(10)7-6(11)4(13)2-9(16,17-7)8(14)15/h3-7,12-13,16H,2,10-11H2,1H3,(H,14,15)/t3-,4+,5+,6+,7?,9?/m0/s1. The van der Waals surface area contributed by atoms with Gasteiger partial charge in [-0.15, -0.1) is 0 Å². The Hall–Kier alpha value is -0.770. The number of carboxylic acid groups (broad SMARTS) is 1. The molecule has 8 heteroatoms. The summed E-state index contributed by atoms with van der Waals surface area (Å²) in [5.74, 6) is -4.17. The molecule has 0 saturated carbocycles. The van der Waals surface area contributed by atoms with Gasteiger partial charge in [0.05, 0.1) is 30.4 Å². The third-order valence-corrected chi connectivity index (χ3v) is 2.91. The van der Waals surface area contributed by atoms with Crippen molar-refractivity contribution in [2.75, 3.05) is 0 Å². The van der Waals surface area contributed by atoms with Crippen LogP contribution in [0.15, 0.2) is 0 Å². The molecule has 0 bridgehead atoms. The van der Waals surface area contributed by atoms with E-state index in [0.717, 1.165) is 0 Å². The highest BCUT2D eigenvalue weighted by Gasteiger charge is 2.51. The molecule has 0 aliphatic carbocycles. The maximum Gasteiger partial charge on any atom is 0.364 e. The van der Waals surface area contributed by atoms with Gasteiger partial charge in [-0.05, 0) is 6.92 Å². The second-order valence-electron chi connectivity index (χ2n) is 4.34. The fourth-order valence-electron chi connectivity index (χ4n) is 1.74. The summed E-state index contributed by atoms with van der Waals surface area (Å²) in [6.07, 6.45) is -4.00. The Bertz CT molecular complexity index is 295. The van der Waals surface area contributed by atoms with Crippen LogP contribution in [0.25, 0.3) is 0 Å². The molecule has 8 N–H and O–H groups in total. The Morgan fingerprint density at radius 1 is 1.59 bits per heavy atom. The fourth-order valence-corrected chi connectivity index (χ4v) is 1.74. The molecule has 1 heterocycles. The summed E-state index contributed by atoms with van der Waals surface area (Å²) in [4.78, 5) is 10.8. The van der Waals surface area contributed by atoms with Crippen molar-refractivity contribution in [2.45, 2.75) is 49.5 Å². The zero-order chi connectivity index (χ0) is 13.4. The lowest BCUT2D eigenvalue weighted by Crippen LogP contribution is -2.66. The van der Waals surface area contributed by atoms with Gasteiger partial charge in [-0.1, -0.05) is 0 Å². The van der Waals surface area contributed by atoms with Gasteiger partial charge in [-0.2, -0.15) is 0 Å². The molecule has 0 aromatic rings. The van der Waals surface area contributed by atoms with Crippen molar-refractivity contribution in [1.82, 2.24) is 0 Å². The number of aliphatic hydroxyl groups is 3. The van der Waals surface area contributed by atoms with Crippen LogP contribution in [0.2, 0.25) is 0 Å². The second-order valence-corrected chi connectivity index (χ2v) is 4.34. The van der Waals surface area contributed by atoms with Crippen molar-refractivity contribution >= 4 is 5.97 Å². The number of rotatable bonds is 3. The van der Waals surface area contributed by atoms with Crippen molar-refractivity contribution in [3.8, 4) is 0 Å². The van der Waals surface area contributed by atoms with Crippen LogP contribution < -0.4 is 11.5 Å². The van der Waals surface area contributed by atoms with Crippen molar-refractivity contribution in [3.63, 3.8) is 0 Å². The molecule has 0 spiro atoms. The van der Waals surface area contributed by atoms with Gasteiger partial charge in [0.25, 0.3) is 5.79 Å². The van der Waals surface area contributed by atoms with Crippen molar-refractivity contribution in [2.24, 2.45) is 11.5 Å². The number of carbonyl (C=O) groups is 1. The predicted octanol–water partition coefficient (Wildman–Crippen LogP) is -3.06. The lowest BCUT2D eigenvalue weighted by molar-refractivity contribution is -0.279. The first-order valence-electron chi connectivity index (χ1n) is 5.20. The van der Waals surface area contributed by atoms with Gasteiger partial charge >= 0.3 is 5.97 Å². The van der Waals surface area contributed by atoms with Crippen LogP contribution in [0.4, 0.5) is 0 Å². The lowest BCUT2D eigenvalue weighted by Gasteiger charge is -2.43. The first kappa shape index (κ1) is 14.3. The minimum absolute atomic E-state index is 0.549. The predicted molar refractivity (Wildman–Crippen MR) is 55.7 cm³/mol. The van der Waals surface area contributed by atoms with E-state index in [1.807, 2.05) is 0 Å². The Labute approximate surface area is 97.8 Å². The summed E-state index contributed by atoms with van der Waals surface area (Å²) in [5.41, 5.74) is 11.2. The largest absolute Gasteiger partial charge is 0.477 e. The Morgan fingerprint density at radius 2 is 2.12 bits per heavy atom. The van der Waals surface area contributed by atoms with Gasteiger partial charge in [0.1, 0.15) is 0 Å². The van der Waals surface area contributed by atoms with Gasteiger partial charge in [0.15, 0.2) is 0 Å². The van der Waals surface area contributed by atoms with E-state index in [0.29, 0.717) is 0 Å². The summed E-state index contributed by atoms with van der Waals surface area (Å²) in [5, 5.41) is 37.4. The van der Waals surface area contributed by atoms with Crippen molar-refractivity contribution in [1.29, 1.82) is 0 Å². The van der Waals surface area contributed by atoms with E-state index in [1.165, 1.54) is 6.92 Å². The normalized spacial score (nSPS) is 41.9. The monoisotopic (exact) mass is 250 g/mol. The number of hydrogen-bond donors (Lipinski definition) is 6. The average Bonchev–Trinajstić information content (AvgIpc) is 2.22. The number of aliphatic carboxylic acids is 1. The molecule has 1 aliphatic heterocycles. The van der Waals surface area contributed by atoms with Crippen LogP contribution in [0.3, 0.4) is 0 Å². The second kappa shape index (κ2) is 4.84. The molecule has 1 fully saturated rings. The molecule has 6 atom stereocenters. The number of nitrogens with two attached hydrogens (primary N) is 2. The Balaban J connectivity index is 2.93. The highest BCUT2D eigenvalue weighted by molar-refractivity contribution is 5.75. The summed E-state index contributed by atoms with van der Waals surface area (Å²) < 4.78 is 4.93. The highest BCUT2D eigenvalue weighted by atomic mass is 16.7. The third-order valence-electron chi connectivity index (χ3n) is 2.91. The molecule has 1 rings (SSSR count). The average molecular weight is 250 g/mol. The quantitative estimate of drug-likeness (QED) is 0.308. The zero-order valence-electron chi connectivity index (χ0n) is 9.35. The summed E-state index contributed by atoms with van der Waals surface area (Å²) >= 11 is 0. The number of hydrogen-bond acceptors (Lipinski definition) is 7. The van der Waals surface area contributed by atoms with E-state index in [4.69, 9.17) is 21.3 Å². The van der Waals surface area contributed by atoms with Crippen LogP contribution in [-0.4, -0.2) is 62.6 Å². The van der Waals surface area contributed by atoms with Gasteiger partial charge in [-0.3, -0.25) is 0 Å². The molecule has 0 radical (unpaired) electrons. The number of aliphatic hydroxyl groups excluding tert-OH is 2. The molecular weight excluding hydrogens is 232 g/mol. The van der Waals surface area contributed by atoms with E-state index in [9.17, 15) is 20.1 Å². The van der Waals surface area contributed by atoms with Crippen molar-refractivity contribution in [3.05, 3.63) is 0 Å². The first-order chi connectivity index (χ1) is 7.69. The van der Waals surface area contributed by atoms with Gasteiger partial charge in [0.2, 0.25) is 0 Å². The van der Waals surface area contributed by atoms with Gasteiger partial charge < -0.3 is 36.6 Å². The van der Waals surface area contributed by atoms with E-state index in [-0.39, 0.29) is 0 Å². The highest BCUT2D eigenvalue weighted by Crippen LogP contribution is 2.28. The van der Waals surface area contributed by atoms with Crippen LogP contribution in [-0.2, 0) is 9.53 Å². The minimum atomic E-state index is -2.54. The number of ether oxygens (including phenoxy) is 1. The molecule has 2 unspecified atom stereocenters. The molecule has 1 saturated heterocycles. The molecule has 0 aromatic heterocycles. The SMILES string of the molecule is C[C@H](O)[C@@H](N)C1OC(O)(C(=O)O)C[C@@H](O)[C@H]1N. The molecule has 1 aliphatic rings. The van der Waals surface area contributed by atoms with Crippen molar-refractivity contribution < 1.29 is 30.0 Å². The third kappa shape index (κ3) is 2.73. The maximum absolute atomic E-state index is 10.8. The lowest BCUT2D eigenvalue weighted by atomic mass is 9.89. The van der Waals surface area contributed by atoms with Crippen LogP contribution >= 0.6 is 0 Å². The summed E-state index contributed by atoms with van der Waals surface area (Å²) in [7, 11) is 0. The fraction of sp³-hybridized carbons (Fsp3) is 0.889. The van der Waals surface area contributed by atoms with Gasteiger partial charge in [0, 0.05) is 6.42 Å². The van der Waals surface area contributed by atoms with E-state index < -0.39 is 48.6 Å². The maximum atomic E-state index is 10.8. The molecular formula is C9H18N2O6.